The Morgan fingerprint density at radius 1 is 1.23 bits per heavy atom. The Morgan fingerprint density at radius 3 is 2.62 bits per heavy atom. The van der Waals surface area contributed by atoms with Gasteiger partial charge in [0.2, 0.25) is 5.91 Å². The average molecular weight is 435 g/mol. The van der Waals surface area contributed by atoms with Crippen LogP contribution in [0.25, 0.3) is 11.3 Å². The number of rotatable bonds is 6. The molecule has 0 fully saturated rings. The van der Waals surface area contributed by atoms with E-state index in [0.717, 1.165) is 11.3 Å². The number of halogens is 1. The average Bonchev–Trinajstić information content (AvgIpc) is 3.05. The number of pyridine rings is 1. The van der Waals surface area contributed by atoms with Gasteiger partial charge in [-0.05, 0) is 44.2 Å². The second kappa shape index (κ2) is 8.77. The molecule has 3 rings (SSSR count). The van der Waals surface area contributed by atoms with Gasteiger partial charge in [0.15, 0.2) is 5.13 Å². The van der Waals surface area contributed by atoms with Gasteiger partial charge in [-0.1, -0.05) is 0 Å². The number of nitrogens with two attached hydrogens (primary N) is 1. The predicted octanol–water partition coefficient (Wildman–Crippen LogP) is 4.41. The molecule has 136 valence electrons. The van der Waals surface area contributed by atoms with Crippen molar-refractivity contribution in [1.29, 1.82) is 0 Å². The number of primary amides is 1. The summed E-state index contributed by atoms with van der Waals surface area (Å²) in [5, 5.41) is 5.88. The van der Waals surface area contributed by atoms with E-state index in [-0.39, 0.29) is 23.1 Å². The zero-order chi connectivity index (χ0) is 17.8. The molecule has 8 heteroatoms. The highest BCUT2D eigenvalue weighted by molar-refractivity contribution is 8.93. The van der Waals surface area contributed by atoms with Crippen molar-refractivity contribution in [2.75, 3.05) is 5.32 Å². The normalized spacial score (nSPS) is 10.3. The standard InChI is InChI=1S/C18H18N4O2S.BrH/c1-11(2)24-16-4-3-13(17(19)23)9-14(16)21-18-22-15(10-25-18)12-5-7-20-8-6-12;/h3-11H,1-2H3,(H2,19,23)(H,21,22);1H. The first-order valence-corrected chi connectivity index (χ1v) is 8.64. The third-order valence-electron chi connectivity index (χ3n) is 3.35. The van der Waals surface area contributed by atoms with Crippen LogP contribution in [0.5, 0.6) is 5.75 Å². The topological polar surface area (TPSA) is 90.1 Å². The van der Waals surface area contributed by atoms with Crippen LogP contribution in [0.15, 0.2) is 48.1 Å². The van der Waals surface area contributed by atoms with Gasteiger partial charge in [0.1, 0.15) is 5.75 Å². The number of ether oxygens (including phenoxy) is 1. The van der Waals surface area contributed by atoms with Crippen LogP contribution in [0.1, 0.15) is 24.2 Å². The number of nitrogens with one attached hydrogen (secondary N) is 1. The zero-order valence-electron chi connectivity index (χ0n) is 14.3. The van der Waals surface area contributed by atoms with Gasteiger partial charge in [-0.3, -0.25) is 9.78 Å². The summed E-state index contributed by atoms with van der Waals surface area (Å²) >= 11 is 1.47. The highest BCUT2D eigenvalue weighted by Gasteiger charge is 2.12. The maximum Gasteiger partial charge on any atom is 0.248 e. The number of hydrogen-bond acceptors (Lipinski definition) is 6. The second-order valence-electron chi connectivity index (χ2n) is 5.64. The van der Waals surface area contributed by atoms with Crippen LogP contribution in [-0.2, 0) is 0 Å². The molecule has 0 saturated carbocycles. The Labute approximate surface area is 166 Å². The maximum atomic E-state index is 11.5. The summed E-state index contributed by atoms with van der Waals surface area (Å²) in [6.07, 6.45) is 3.46. The smallest absolute Gasteiger partial charge is 0.248 e. The summed E-state index contributed by atoms with van der Waals surface area (Å²) in [5.74, 6) is 0.149. The zero-order valence-corrected chi connectivity index (χ0v) is 16.8. The van der Waals surface area contributed by atoms with E-state index in [2.05, 4.69) is 15.3 Å². The lowest BCUT2D eigenvalue weighted by molar-refractivity contribution is 0.100. The van der Waals surface area contributed by atoms with Crippen LogP contribution < -0.4 is 15.8 Å². The Kier molecular flexibility index (Phi) is 6.70. The number of anilines is 2. The van der Waals surface area contributed by atoms with Crippen LogP contribution in [-0.4, -0.2) is 22.0 Å². The minimum Gasteiger partial charge on any atom is -0.489 e. The molecule has 0 aliphatic rings. The molecular weight excluding hydrogens is 416 g/mol. The minimum atomic E-state index is -0.490. The number of carbonyl (C=O) groups is 1. The molecular formula is C18H19BrN4O2S. The maximum absolute atomic E-state index is 11.5. The van der Waals surface area contributed by atoms with E-state index < -0.39 is 5.91 Å². The van der Waals surface area contributed by atoms with E-state index in [4.69, 9.17) is 10.5 Å². The van der Waals surface area contributed by atoms with Gasteiger partial charge in [-0.25, -0.2) is 4.98 Å². The van der Waals surface area contributed by atoms with Crippen LogP contribution in [0.3, 0.4) is 0 Å². The van der Waals surface area contributed by atoms with E-state index in [1.165, 1.54) is 11.3 Å². The van der Waals surface area contributed by atoms with Gasteiger partial charge in [-0.15, -0.1) is 28.3 Å². The van der Waals surface area contributed by atoms with E-state index in [0.29, 0.717) is 22.1 Å². The van der Waals surface area contributed by atoms with E-state index >= 15 is 0 Å². The number of aromatic nitrogens is 2. The largest absolute Gasteiger partial charge is 0.489 e. The van der Waals surface area contributed by atoms with Crippen molar-refractivity contribution in [2.24, 2.45) is 5.73 Å². The van der Waals surface area contributed by atoms with Crippen LogP contribution in [0.4, 0.5) is 10.8 Å². The van der Waals surface area contributed by atoms with Gasteiger partial charge in [0.05, 0.1) is 17.5 Å². The van der Waals surface area contributed by atoms with E-state index in [1.807, 2.05) is 31.4 Å². The number of carbonyl (C=O) groups excluding carboxylic acids is 1. The molecule has 2 heterocycles. The van der Waals surface area contributed by atoms with Crippen molar-refractivity contribution in [1.82, 2.24) is 9.97 Å². The van der Waals surface area contributed by atoms with Crippen molar-refractivity contribution in [2.45, 2.75) is 20.0 Å². The summed E-state index contributed by atoms with van der Waals surface area (Å²) in [6, 6.07) is 8.86. The first-order valence-electron chi connectivity index (χ1n) is 7.76. The van der Waals surface area contributed by atoms with Gasteiger partial charge in [-0.2, -0.15) is 0 Å². The Morgan fingerprint density at radius 2 is 1.96 bits per heavy atom. The highest BCUT2D eigenvalue weighted by atomic mass is 79.9. The lowest BCUT2D eigenvalue weighted by Crippen LogP contribution is -2.12. The van der Waals surface area contributed by atoms with Crippen molar-refractivity contribution >= 4 is 45.0 Å². The lowest BCUT2D eigenvalue weighted by atomic mass is 10.1. The fourth-order valence-corrected chi connectivity index (χ4v) is 2.97. The molecule has 0 spiro atoms. The third-order valence-corrected chi connectivity index (χ3v) is 4.11. The molecule has 0 aliphatic heterocycles. The summed E-state index contributed by atoms with van der Waals surface area (Å²) in [5.41, 5.74) is 8.28. The highest BCUT2D eigenvalue weighted by Crippen LogP contribution is 2.32. The summed E-state index contributed by atoms with van der Waals surface area (Å²) in [7, 11) is 0. The summed E-state index contributed by atoms with van der Waals surface area (Å²) < 4.78 is 5.80. The van der Waals surface area contributed by atoms with Gasteiger partial charge >= 0.3 is 0 Å². The first kappa shape index (κ1) is 19.9. The monoisotopic (exact) mass is 434 g/mol. The minimum absolute atomic E-state index is 0. The fourth-order valence-electron chi connectivity index (χ4n) is 2.24. The molecule has 0 atom stereocenters. The van der Waals surface area contributed by atoms with Crippen LogP contribution >= 0.6 is 28.3 Å². The molecule has 2 aromatic heterocycles. The van der Waals surface area contributed by atoms with Crippen LogP contribution in [0.2, 0.25) is 0 Å². The number of hydrogen-bond donors (Lipinski definition) is 2. The van der Waals surface area contributed by atoms with Crippen molar-refractivity contribution < 1.29 is 9.53 Å². The predicted molar refractivity (Wildman–Crippen MR) is 110 cm³/mol. The van der Waals surface area contributed by atoms with E-state index in [1.54, 1.807) is 30.6 Å². The van der Waals surface area contributed by atoms with Crippen molar-refractivity contribution in [3.63, 3.8) is 0 Å². The first-order chi connectivity index (χ1) is 12.0. The van der Waals surface area contributed by atoms with E-state index in [9.17, 15) is 4.79 Å². The SMILES string of the molecule is Br.CC(C)Oc1ccc(C(N)=O)cc1Nc1nc(-c2ccncc2)cs1. The second-order valence-corrected chi connectivity index (χ2v) is 6.50. The molecule has 3 N–H and O–H groups in total. The third kappa shape index (κ3) is 4.80. The molecule has 0 bridgehead atoms. The number of amides is 1. The van der Waals surface area contributed by atoms with Gasteiger partial charge < -0.3 is 15.8 Å². The fraction of sp³-hybridized carbons (Fsp3) is 0.167. The molecule has 0 radical (unpaired) electrons. The number of benzene rings is 1. The van der Waals surface area contributed by atoms with Gasteiger partial charge in [0.25, 0.3) is 0 Å². The van der Waals surface area contributed by atoms with Crippen molar-refractivity contribution in [3.05, 3.63) is 53.7 Å². The Hall–Kier alpha value is -2.45. The molecule has 1 aromatic carbocycles. The number of nitrogens with zero attached hydrogens (tertiary/aromatic N) is 2. The summed E-state index contributed by atoms with van der Waals surface area (Å²) in [6.45, 7) is 3.88. The summed E-state index contributed by atoms with van der Waals surface area (Å²) in [4.78, 5) is 20.1. The molecule has 0 saturated heterocycles. The number of thiazole rings is 1. The molecule has 3 aromatic rings. The Balaban J connectivity index is 0.00000243. The van der Waals surface area contributed by atoms with Crippen LogP contribution in [0, 0.1) is 0 Å². The van der Waals surface area contributed by atoms with Crippen molar-refractivity contribution in [3.8, 4) is 17.0 Å². The quantitative estimate of drug-likeness (QED) is 0.599. The lowest BCUT2D eigenvalue weighted by Gasteiger charge is -2.15. The molecule has 1 amide bonds. The molecule has 6 nitrogen and oxygen atoms in total. The molecule has 0 aliphatic carbocycles. The molecule has 26 heavy (non-hydrogen) atoms. The van der Waals surface area contributed by atoms with Gasteiger partial charge in [0, 0.05) is 28.9 Å². The molecule has 0 unspecified atom stereocenters. The Bertz CT molecular complexity index is 884.